The Kier molecular flexibility index (Phi) is 5.58. The Balaban J connectivity index is 2.42. The molecule has 0 spiro atoms. The number of nitrogens with one attached hydrogen (secondary N) is 1. The Morgan fingerprint density at radius 2 is 2.13 bits per heavy atom. The van der Waals surface area contributed by atoms with Crippen LogP contribution in [0.15, 0.2) is 0 Å². The van der Waals surface area contributed by atoms with Crippen LogP contribution in [0.2, 0.25) is 0 Å². The van der Waals surface area contributed by atoms with Crippen LogP contribution in [-0.2, 0) is 4.74 Å². The third kappa shape index (κ3) is 3.74. The quantitative estimate of drug-likeness (QED) is 0.702. The molecule has 1 saturated carbocycles. The lowest BCUT2D eigenvalue weighted by atomic mass is 9.99. The lowest BCUT2D eigenvalue weighted by Gasteiger charge is -2.28. The monoisotopic (exact) mass is 214 g/mol. The first kappa shape index (κ1) is 12.9. The van der Waals surface area contributed by atoms with Crippen molar-refractivity contribution in [1.29, 1.82) is 0 Å². The minimum absolute atomic E-state index is 0.465. The van der Waals surface area contributed by atoms with Gasteiger partial charge < -0.3 is 15.8 Å². The van der Waals surface area contributed by atoms with E-state index in [-0.39, 0.29) is 0 Å². The number of rotatable bonds is 6. The first-order valence-corrected chi connectivity index (χ1v) is 6.14. The first-order valence-electron chi connectivity index (χ1n) is 6.14. The van der Waals surface area contributed by atoms with Gasteiger partial charge in [0.25, 0.3) is 0 Å². The standard InChI is InChI=1S/C12H26N2O/c1-9(2)12(8-15-3)14-11-6-4-5-10(11)7-13/h9-12,14H,4-8,13H2,1-3H3. The van der Waals surface area contributed by atoms with E-state index in [0.717, 1.165) is 13.2 Å². The maximum Gasteiger partial charge on any atom is 0.0618 e. The Morgan fingerprint density at radius 3 is 2.67 bits per heavy atom. The molecule has 0 aromatic rings. The summed E-state index contributed by atoms with van der Waals surface area (Å²) in [6.07, 6.45) is 3.87. The molecule has 0 aromatic heterocycles. The summed E-state index contributed by atoms with van der Waals surface area (Å²) in [5.41, 5.74) is 5.78. The summed E-state index contributed by atoms with van der Waals surface area (Å²) < 4.78 is 5.25. The van der Waals surface area contributed by atoms with Gasteiger partial charge in [0.05, 0.1) is 6.61 Å². The normalized spacial score (nSPS) is 28.6. The van der Waals surface area contributed by atoms with Gasteiger partial charge in [-0.1, -0.05) is 20.3 Å². The maximum absolute atomic E-state index is 5.78. The van der Waals surface area contributed by atoms with Crippen molar-refractivity contribution in [3.8, 4) is 0 Å². The highest BCUT2D eigenvalue weighted by Crippen LogP contribution is 2.25. The molecule has 3 heteroatoms. The molecule has 15 heavy (non-hydrogen) atoms. The van der Waals surface area contributed by atoms with Crippen molar-refractivity contribution in [2.24, 2.45) is 17.6 Å². The molecule has 0 amide bonds. The van der Waals surface area contributed by atoms with Gasteiger partial charge in [-0.05, 0) is 31.2 Å². The van der Waals surface area contributed by atoms with Gasteiger partial charge in [-0.25, -0.2) is 0 Å². The molecule has 1 rings (SSSR count). The maximum atomic E-state index is 5.78. The highest BCUT2D eigenvalue weighted by atomic mass is 16.5. The Bertz CT molecular complexity index is 173. The van der Waals surface area contributed by atoms with Crippen molar-refractivity contribution < 1.29 is 4.74 Å². The lowest BCUT2D eigenvalue weighted by molar-refractivity contribution is 0.136. The van der Waals surface area contributed by atoms with Crippen LogP contribution >= 0.6 is 0 Å². The van der Waals surface area contributed by atoms with Crippen molar-refractivity contribution in [2.75, 3.05) is 20.3 Å². The predicted octanol–water partition coefficient (Wildman–Crippen LogP) is 1.37. The van der Waals surface area contributed by atoms with Gasteiger partial charge in [0, 0.05) is 19.2 Å². The Labute approximate surface area is 93.8 Å². The summed E-state index contributed by atoms with van der Waals surface area (Å²) in [7, 11) is 1.77. The average Bonchev–Trinajstić information content (AvgIpc) is 2.64. The number of ether oxygens (including phenoxy) is 1. The van der Waals surface area contributed by atoms with Crippen molar-refractivity contribution in [1.82, 2.24) is 5.32 Å². The molecule has 3 atom stereocenters. The molecule has 0 aliphatic heterocycles. The molecule has 1 fully saturated rings. The molecule has 90 valence electrons. The molecular formula is C12H26N2O. The van der Waals surface area contributed by atoms with Gasteiger partial charge in [-0.2, -0.15) is 0 Å². The van der Waals surface area contributed by atoms with E-state index in [1.54, 1.807) is 7.11 Å². The fourth-order valence-corrected chi connectivity index (χ4v) is 2.43. The first-order chi connectivity index (χ1) is 7.19. The summed E-state index contributed by atoms with van der Waals surface area (Å²) >= 11 is 0. The second kappa shape index (κ2) is 6.46. The minimum atomic E-state index is 0.465. The zero-order valence-electron chi connectivity index (χ0n) is 10.3. The fraction of sp³-hybridized carbons (Fsp3) is 1.00. The van der Waals surface area contributed by atoms with Crippen LogP contribution in [0, 0.1) is 11.8 Å². The minimum Gasteiger partial charge on any atom is -0.383 e. The SMILES string of the molecule is COCC(NC1CCCC1CN)C(C)C. The predicted molar refractivity (Wildman–Crippen MR) is 63.8 cm³/mol. The molecule has 3 N–H and O–H groups in total. The third-order valence-electron chi connectivity index (χ3n) is 3.54. The van der Waals surface area contributed by atoms with E-state index in [1.165, 1.54) is 19.3 Å². The van der Waals surface area contributed by atoms with Gasteiger partial charge in [0.15, 0.2) is 0 Å². The molecule has 0 saturated heterocycles. The van der Waals surface area contributed by atoms with E-state index in [9.17, 15) is 0 Å². The van der Waals surface area contributed by atoms with Crippen LogP contribution in [0.5, 0.6) is 0 Å². The average molecular weight is 214 g/mol. The summed E-state index contributed by atoms with van der Waals surface area (Å²) in [5.74, 6) is 1.28. The number of nitrogens with two attached hydrogens (primary N) is 1. The molecule has 0 bridgehead atoms. The van der Waals surface area contributed by atoms with Gasteiger partial charge in [-0.15, -0.1) is 0 Å². The zero-order chi connectivity index (χ0) is 11.3. The van der Waals surface area contributed by atoms with E-state index in [2.05, 4.69) is 19.2 Å². The van der Waals surface area contributed by atoms with Crippen molar-refractivity contribution in [3.05, 3.63) is 0 Å². The largest absolute Gasteiger partial charge is 0.383 e. The molecule has 1 aliphatic rings. The summed E-state index contributed by atoms with van der Waals surface area (Å²) in [4.78, 5) is 0. The van der Waals surface area contributed by atoms with E-state index in [4.69, 9.17) is 10.5 Å². The molecule has 1 aliphatic carbocycles. The van der Waals surface area contributed by atoms with Crippen LogP contribution < -0.4 is 11.1 Å². The molecule has 3 unspecified atom stereocenters. The number of hydrogen-bond donors (Lipinski definition) is 2. The fourth-order valence-electron chi connectivity index (χ4n) is 2.43. The number of methoxy groups -OCH3 is 1. The zero-order valence-corrected chi connectivity index (χ0v) is 10.3. The van der Waals surface area contributed by atoms with E-state index in [1.807, 2.05) is 0 Å². The van der Waals surface area contributed by atoms with Gasteiger partial charge in [0.2, 0.25) is 0 Å². The summed E-state index contributed by atoms with van der Waals surface area (Å²) in [6, 6.07) is 1.07. The Morgan fingerprint density at radius 1 is 1.40 bits per heavy atom. The van der Waals surface area contributed by atoms with E-state index in [0.29, 0.717) is 23.9 Å². The van der Waals surface area contributed by atoms with Gasteiger partial charge in [-0.3, -0.25) is 0 Å². The molecule has 0 radical (unpaired) electrons. The van der Waals surface area contributed by atoms with Crippen molar-refractivity contribution in [2.45, 2.75) is 45.2 Å². The second-order valence-electron chi connectivity index (χ2n) is 5.01. The lowest BCUT2D eigenvalue weighted by Crippen LogP contribution is -2.46. The van der Waals surface area contributed by atoms with E-state index < -0.39 is 0 Å². The summed E-state index contributed by atoms with van der Waals surface area (Å²) in [6.45, 7) is 6.09. The molecule has 0 heterocycles. The highest BCUT2D eigenvalue weighted by molar-refractivity contribution is 4.87. The van der Waals surface area contributed by atoms with Crippen LogP contribution in [-0.4, -0.2) is 32.3 Å². The van der Waals surface area contributed by atoms with Gasteiger partial charge in [0.1, 0.15) is 0 Å². The Hall–Kier alpha value is -0.120. The van der Waals surface area contributed by atoms with Crippen LogP contribution in [0.25, 0.3) is 0 Å². The number of hydrogen-bond acceptors (Lipinski definition) is 3. The van der Waals surface area contributed by atoms with Crippen LogP contribution in [0.1, 0.15) is 33.1 Å². The van der Waals surface area contributed by atoms with Crippen molar-refractivity contribution in [3.63, 3.8) is 0 Å². The third-order valence-corrected chi connectivity index (χ3v) is 3.54. The second-order valence-corrected chi connectivity index (χ2v) is 5.01. The van der Waals surface area contributed by atoms with Gasteiger partial charge >= 0.3 is 0 Å². The van der Waals surface area contributed by atoms with E-state index >= 15 is 0 Å². The summed E-state index contributed by atoms with van der Waals surface area (Å²) in [5, 5.41) is 3.71. The molecule has 0 aromatic carbocycles. The molecule has 3 nitrogen and oxygen atoms in total. The molecular weight excluding hydrogens is 188 g/mol. The van der Waals surface area contributed by atoms with Crippen LogP contribution in [0.4, 0.5) is 0 Å². The van der Waals surface area contributed by atoms with Crippen LogP contribution in [0.3, 0.4) is 0 Å². The topological polar surface area (TPSA) is 47.3 Å². The highest BCUT2D eigenvalue weighted by Gasteiger charge is 2.28. The van der Waals surface area contributed by atoms with Crippen molar-refractivity contribution >= 4 is 0 Å². The smallest absolute Gasteiger partial charge is 0.0618 e.